The van der Waals surface area contributed by atoms with Gasteiger partial charge in [0.25, 0.3) is 0 Å². The Morgan fingerprint density at radius 1 is 1.41 bits per heavy atom. The van der Waals surface area contributed by atoms with Crippen LogP contribution in [0.15, 0.2) is 12.3 Å². The second-order valence-electron chi connectivity index (χ2n) is 4.83. The zero-order valence-corrected chi connectivity index (χ0v) is 9.84. The molecule has 0 amide bonds. The van der Waals surface area contributed by atoms with Gasteiger partial charge >= 0.3 is 0 Å². The molecule has 2 heterocycles. The predicted molar refractivity (Wildman–Crippen MR) is 66.1 cm³/mol. The normalized spacial score (nSPS) is 24.1. The van der Waals surface area contributed by atoms with Crippen molar-refractivity contribution in [3.63, 3.8) is 0 Å². The molecular weight excluding hydrogens is 216 g/mol. The molecule has 3 rings (SSSR count). The highest BCUT2D eigenvalue weighted by Gasteiger charge is 2.26. The van der Waals surface area contributed by atoms with E-state index in [2.05, 4.69) is 20.2 Å². The van der Waals surface area contributed by atoms with E-state index in [1.165, 1.54) is 12.8 Å². The van der Waals surface area contributed by atoms with Gasteiger partial charge in [-0.2, -0.15) is 4.98 Å². The van der Waals surface area contributed by atoms with Gasteiger partial charge in [0.05, 0.1) is 12.6 Å². The Morgan fingerprint density at radius 2 is 2.29 bits per heavy atom. The van der Waals surface area contributed by atoms with Gasteiger partial charge in [0, 0.05) is 18.8 Å². The average molecular weight is 234 g/mol. The molecule has 1 saturated carbocycles. The SMILES string of the molecule is OCC1CCCN1c1nccc(NC2CC2)n1. The van der Waals surface area contributed by atoms with E-state index < -0.39 is 0 Å². The summed E-state index contributed by atoms with van der Waals surface area (Å²) in [6.07, 6.45) is 6.40. The number of nitrogens with one attached hydrogen (secondary N) is 1. The lowest BCUT2D eigenvalue weighted by Crippen LogP contribution is -2.33. The number of hydrogen-bond donors (Lipinski definition) is 2. The van der Waals surface area contributed by atoms with Crippen LogP contribution in [0.5, 0.6) is 0 Å². The minimum Gasteiger partial charge on any atom is -0.394 e. The maximum atomic E-state index is 9.31. The fraction of sp³-hybridized carbons (Fsp3) is 0.667. The summed E-state index contributed by atoms with van der Waals surface area (Å²) >= 11 is 0. The first-order valence-electron chi connectivity index (χ1n) is 6.34. The van der Waals surface area contributed by atoms with Crippen molar-refractivity contribution >= 4 is 11.8 Å². The van der Waals surface area contributed by atoms with Crippen LogP contribution in [0.1, 0.15) is 25.7 Å². The highest BCUT2D eigenvalue weighted by Crippen LogP contribution is 2.26. The summed E-state index contributed by atoms with van der Waals surface area (Å²) in [5, 5.41) is 12.7. The molecule has 2 fully saturated rings. The van der Waals surface area contributed by atoms with E-state index in [9.17, 15) is 5.11 Å². The predicted octanol–water partition coefficient (Wildman–Crippen LogP) is 1.01. The first kappa shape index (κ1) is 10.8. The molecule has 0 radical (unpaired) electrons. The molecule has 1 aliphatic carbocycles. The topological polar surface area (TPSA) is 61.3 Å². The zero-order valence-electron chi connectivity index (χ0n) is 9.84. The summed E-state index contributed by atoms with van der Waals surface area (Å²) in [7, 11) is 0. The van der Waals surface area contributed by atoms with Crippen molar-refractivity contribution in [1.29, 1.82) is 0 Å². The van der Waals surface area contributed by atoms with E-state index in [0.717, 1.165) is 31.2 Å². The van der Waals surface area contributed by atoms with E-state index in [-0.39, 0.29) is 12.6 Å². The maximum absolute atomic E-state index is 9.31. The minimum absolute atomic E-state index is 0.184. The average Bonchev–Trinajstić information content (AvgIpc) is 3.04. The van der Waals surface area contributed by atoms with Crippen LogP contribution in [0.2, 0.25) is 0 Å². The third-order valence-electron chi connectivity index (χ3n) is 3.42. The zero-order chi connectivity index (χ0) is 11.7. The molecule has 92 valence electrons. The molecule has 1 aromatic heterocycles. The van der Waals surface area contributed by atoms with Gasteiger partial charge in [-0.15, -0.1) is 0 Å². The smallest absolute Gasteiger partial charge is 0.227 e. The van der Waals surface area contributed by atoms with Crippen LogP contribution in [0, 0.1) is 0 Å². The first-order valence-corrected chi connectivity index (χ1v) is 6.34. The van der Waals surface area contributed by atoms with Crippen molar-refractivity contribution in [2.75, 3.05) is 23.4 Å². The number of rotatable bonds is 4. The van der Waals surface area contributed by atoms with Crippen molar-refractivity contribution in [2.45, 2.75) is 37.8 Å². The number of aliphatic hydroxyl groups excluding tert-OH is 1. The summed E-state index contributed by atoms with van der Waals surface area (Å²) in [5.74, 6) is 1.65. The summed E-state index contributed by atoms with van der Waals surface area (Å²) in [5.41, 5.74) is 0. The Balaban J connectivity index is 1.76. The minimum atomic E-state index is 0.184. The lowest BCUT2D eigenvalue weighted by Gasteiger charge is -2.23. The molecule has 0 spiro atoms. The van der Waals surface area contributed by atoms with Crippen molar-refractivity contribution in [1.82, 2.24) is 9.97 Å². The molecule has 1 aromatic rings. The van der Waals surface area contributed by atoms with Crippen LogP contribution in [0.3, 0.4) is 0 Å². The Labute approximate surface area is 101 Å². The lowest BCUT2D eigenvalue weighted by molar-refractivity contribution is 0.265. The molecule has 1 atom stereocenters. The van der Waals surface area contributed by atoms with E-state index in [1.54, 1.807) is 6.20 Å². The van der Waals surface area contributed by atoms with Crippen LogP contribution in [0.25, 0.3) is 0 Å². The van der Waals surface area contributed by atoms with E-state index in [1.807, 2.05) is 6.07 Å². The maximum Gasteiger partial charge on any atom is 0.227 e. The highest BCUT2D eigenvalue weighted by atomic mass is 16.3. The fourth-order valence-electron chi connectivity index (χ4n) is 2.29. The van der Waals surface area contributed by atoms with Gasteiger partial charge in [0.1, 0.15) is 5.82 Å². The Bertz CT molecular complexity index is 394. The Morgan fingerprint density at radius 3 is 3.06 bits per heavy atom. The van der Waals surface area contributed by atoms with Gasteiger partial charge in [0.2, 0.25) is 5.95 Å². The molecule has 17 heavy (non-hydrogen) atoms. The van der Waals surface area contributed by atoms with Crippen LogP contribution in [-0.4, -0.2) is 40.3 Å². The lowest BCUT2D eigenvalue weighted by atomic mass is 10.2. The van der Waals surface area contributed by atoms with Gasteiger partial charge in [-0.1, -0.05) is 0 Å². The van der Waals surface area contributed by atoms with Crippen molar-refractivity contribution in [3.8, 4) is 0 Å². The monoisotopic (exact) mass is 234 g/mol. The van der Waals surface area contributed by atoms with Gasteiger partial charge in [-0.05, 0) is 31.7 Å². The van der Waals surface area contributed by atoms with Crippen molar-refractivity contribution in [2.24, 2.45) is 0 Å². The van der Waals surface area contributed by atoms with Crippen molar-refractivity contribution in [3.05, 3.63) is 12.3 Å². The summed E-state index contributed by atoms with van der Waals surface area (Å²) in [6.45, 7) is 1.13. The van der Waals surface area contributed by atoms with E-state index in [4.69, 9.17) is 0 Å². The van der Waals surface area contributed by atoms with Crippen LogP contribution < -0.4 is 10.2 Å². The first-order chi connectivity index (χ1) is 8.36. The number of aromatic nitrogens is 2. The van der Waals surface area contributed by atoms with Crippen LogP contribution >= 0.6 is 0 Å². The Hall–Kier alpha value is -1.36. The molecule has 1 aliphatic heterocycles. The molecule has 1 saturated heterocycles. The summed E-state index contributed by atoms with van der Waals surface area (Å²) in [4.78, 5) is 10.9. The molecular formula is C12H18N4O. The second kappa shape index (κ2) is 4.49. The van der Waals surface area contributed by atoms with Gasteiger partial charge in [0.15, 0.2) is 0 Å². The highest BCUT2D eigenvalue weighted by molar-refractivity contribution is 5.44. The molecule has 5 nitrogen and oxygen atoms in total. The number of aliphatic hydroxyl groups is 1. The third-order valence-corrected chi connectivity index (χ3v) is 3.42. The van der Waals surface area contributed by atoms with E-state index in [0.29, 0.717) is 6.04 Å². The molecule has 0 bridgehead atoms. The molecule has 2 aliphatic rings. The number of hydrogen-bond acceptors (Lipinski definition) is 5. The fourth-order valence-corrected chi connectivity index (χ4v) is 2.29. The van der Waals surface area contributed by atoms with Crippen LogP contribution in [0.4, 0.5) is 11.8 Å². The number of anilines is 2. The molecule has 0 aromatic carbocycles. The van der Waals surface area contributed by atoms with Crippen molar-refractivity contribution < 1.29 is 5.11 Å². The number of nitrogens with zero attached hydrogens (tertiary/aromatic N) is 3. The van der Waals surface area contributed by atoms with E-state index >= 15 is 0 Å². The molecule has 1 unspecified atom stereocenters. The molecule has 5 heteroatoms. The summed E-state index contributed by atoms with van der Waals surface area (Å²) in [6, 6.07) is 2.70. The standard InChI is InChI=1S/C12H18N4O/c17-8-10-2-1-7-16(10)12-13-6-5-11(15-12)14-9-3-4-9/h5-6,9-10,17H,1-4,7-8H2,(H,13,14,15). The Kier molecular flexibility index (Phi) is 2.84. The summed E-state index contributed by atoms with van der Waals surface area (Å²) < 4.78 is 0. The van der Waals surface area contributed by atoms with Gasteiger partial charge < -0.3 is 15.3 Å². The largest absolute Gasteiger partial charge is 0.394 e. The second-order valence-corrected chi connectivity index (χ2v) is 4.83. The molecule has 2 N–H and O–H groups in total. The van der Waals surface area contributed by atoms with Crippen LogP contribution in [-0.2, 0) is 0 Å². The van der Waals surface area contributed by atoms with Gasteiger partial charge in [-0.25, -0.2) is 4.98 Å². The quantitative estimate of drug-likeness (QED) is 0.814. The van der Waals surface area contributed by atoms with Gasteiger partial charge in [-0.3, -0.25) is 0 Å². The third kappa shape index (κ3) is 2.34.